The van der Waals surface area contributed by atoms with Gasteiger partial charge >= 0.3 is 5.97 Å². The number of esters is 1. The molecule has 0 saturated carbocycles. The minimum Gasteiger partial charge on any atom is -0.460 e. The smallest absolute Gasteiger partial charge is 0.376 e. The predicted molar refractivity (Wildman–Crippen MR) is 47.3 cm³/mol. The normalized spacial score (nSPS) is 22.4. The van der Waals surface area contributed by atoms with Gasteiger partial charge < -0.3 is 10.1 Å². The van der Waals surface area contributed by atoms with Gasteiger partial charge in [0.05, 0.1) is 12.6 Å². The van der Waals surface area contributed by atoms with Crippen LogP contribution in [0.25, 0.3) is 0 Å². The van der Waals surface area contributed by atoms with Crippen LogP contribution in [0.15, 0.2) is 0 Å². The summed E-state index contributed by atoms with van der Waals surface area (Å²) in [4.78, 5) is 22.4. The van der Waals surface area contributed by atoms with E-state index in [1.54, 1.807) is 6.92 Å². The summed E-state index contributed by atoms with van der Waals surface area (Å²) in [5, 5.41) is 3.01. The zero-order valence-electron chi connectivity index (χ0n) is 7.84. The maximum absolute atomic E-state index is 11.4. The lowest BCUT2D eigenvalue weighted by molar-refractivity contribution is -0.154. The molecule has 1 aliphatic heterocycles. The quantitative estimate of drug-likeness (QED) is 0.506. The first-order valence-electron chi connectivity index (χ1n) is 4.70. The van der Waals surface area contributed by atoms with Gasteiger partial charge in [0.25, 0.3) is 5.78 Å². The molecule has 1 aliphatic rings. The molecular formula is C9H15NO3. The highest BCUT2D eigenvalue weighted by molar-refractivity contribution is 6.35. The minimum absolute atomic E-state index is 0.261. The van der Waals surface area contributed by atoms with Gasteiger partial charge in [0, 0.05) is 0 Å². The number of carbonyl (C=O) groups excluding carboxylic acids is 2. The molecule has 0 bridgehead atoms. The van der Waals surface area contributed by atoms with Crippen molar-refractivity contribution in [2.75, 3.05) is 13.2 Å². The van der Waals surface area contributed by atoms with Crippen LogP contribution in [0.1, 0.15) is 26.2 Å². The molecule has 1 heterocycles. The number of ketones is 1. The maximum atomic E-state index is 11.4. The van der Waals surface area contributed by atoms with Gasteiger partial charge in [-0.2, -0.15) is 0 Å². The van der Waals surface area contributed by atoms with E-state index < -0.39 is 11.8 Å². The SMILES string of the molecule is CCOC(=O)C(=O)[C@H]1CCCCN1. The number of rotatable bonds is 3. The number of ether oxygens (including phenoxy) is 1. The second-order valence-electron chi connectivity index (χ2n) is 3.09. The van der Waals surface area contributed by atoms with Gasteiger partial charge in [-0.15, -0.1) is 0 Å². The van der Waals surface area contributed by atoms with Gasteiger partial charge in [0.2, 0.25) is 0 Å². The van der Waals surface area contributed by atoms with Crippen molar-refractivity contribution in [3.8, 4) is 0 Å². The lowest BCUT2D eigenvalue weighted by Gasteiger charge is -2.20. The lowest BCUT2D eigenvalue weighted by atomic mass is 10.0. The first kappa shape index (κ1) is 10.2. The maximum Gasteiger partial charge on any atom is 0.376 e. The van der Waals surface area contributed by atoms with E-state index in [1.165, 1.54) is 0 Å². The Morgan fingerprint density at radius 3 is 2.77 bits per heavy atom. The summed E-state index contributed by atoms with van der Waals surface area (Å²) in [6.45, 7) is 2.77. The summed E-state index contributed by atoms with van der Waals surface area (Å²) in [5.74, 6) is -1.14. The molecular weight excluding hydrogens is 170 g/mol. The molecule has 1 saturated heterocycles. The predicted octanol–water partition coefficient (Wildman–Crippen LogP) is 0.261. The lowest BCUT2D eigenvalue weighted by Crippen LogP contribution is -2.44. The van der Waals surface area contributed by atoms with Crippen LogP contribution in [0.2, 0.25) is 0 Å². The minimum atomic E-state index is -0.707. The molecule has 0 aromatic rings. The fraction of sp³-hybridized carbons (Fsp3) is 0.778. The van der Waals surface area contributed by atoms with Gasteiger partial charge in [-0.1, -0.05) is 6.42 Å². The summed E-state index contributed by atoms with van der Waals surface area (Å²) < 4.78 is 4.63. The molecule has 1 atom stereocenters. The van der Waals surface area contributed by atoms with E-state index in [-0.39, 0.29) is 12.6 Å². The van der Waals surface area contributed by atoms with E-state index in [0.717, 1.165) is 25.8 Å². The summed E-state index contributed by atoms with van der Waals surface area (Å²) in [6, 6.07) is -0.312. The Morgan fingerprint density at radius 1 is 1.46 bits per heavy atom. The molecule has 0 amide bonds. The van der Waals surface area contributed by atoms with E-state index in [1.807, 2.05) is 0 Å². The van der Waals surface area contributed by atoms with Crippen molar-refractivity contribution in [1.82, 2.24) is 5.32 Å². The fourth-order valence-electron chi connectivity index (χ4n) is 1.42. The number of hydrogen-bond acceptors (Lipinski definition) is 4. The Kier molecular flexibility index (Phi) is 3.89. The third-order valence-corrected chi connectivity index (χ3v) is 2.10. The molecule has 0 aliphatic carbocycles. The second kappa shape index (κ2) is 4.97. The average molecular weight is 185 g/mol. The van der Waals surface area contributed by atoms with Gasteiger partial charge in [-0.05, 0) is 26.3 Å². The average Bonchev–Trinajstić information content (AvgIpc) is 2.18. The Labute approximate surface area is 77.6 Å². The number of hydrogen-bond donors (Lipinski definition) is 1. The summed E-state index contributed by atoms with van der Waals surface area (Å²) in [5.41, 5.74) is 0. The largest absolute Gasteiger partial charge is 0.460 e. The fourth-order valence-corrected chi connectivity index (χ4v) is 1.42. The van der Waals surface area contributed by atoms with Gasteiger partial charge in [-0.25, -0.2) is 4.79 Å². The first-order valence-corrected chi connectivity index (χ1v) is 4.70. The molecule has 0 aromatic carbocycles. The molecule has 4 heteroatoms. The monoisotopic (exact) mass is 185 g/mol. The van der Waals surface area contributed by atoms with Crippen LogP contribution >= 0.6 is 0 Å². The van der Waals surface area contributed by atoms with Crippen molar-refractivity contribution < 1.29 is 14.3 Å². The van der Waals surface area contributed by atoms with Crippen molar-refractivity contribution >= 4 is 11.8 Å². The van der Waals surface area contributed by atoms with Crippen LogP contribution in [0, 0.1) is 0 Å². The van der Waals surface area contributed by atoms with E-state index in [9.17, 15) is 9.59 Å². The summed E-state index contributed by atoms with van der Waals surface area (Å²) in [6.07, 6.45) is 2.83. The molecule has 0 radical (unpaired) electrons. The zero-order chi connectivity index (χ0) is 9.68. The molecule has 4 nitrogen and oxygen atoms in total. The van der Waals surface area contributed by atoms with Crippen molar-refractivity contribution in [3.05, 3.63) is 0 Å². The van der Waals surface area contributed by atoms with Crippen molar-refractivity contribution in [1.29, 1.82) is 0 Å². The van der Waals surface area contributed by atoms with Crippen molar-refractivity contribution in [3.63, 3.8) is 0 Å². The van der Waals surface area contributed by atoms with E-state index >= 15 is 0 Å². The molecule has 1 fully saturated rings. The molecule has 0 unspecified atom stereocenters. The van der Waals surface area contributed by atoms with Gasteiger partial charge in [0.1, 0.15) is 0 Å². The van der Waals surface area contributed by atoms with E-state index in [2.05, 4.69) is 10.1 Å². The number of nitrogens with one attached hydrogen (secondary N) is 1. The van der Waals surface area contributed by atoms with Crippen LogP contribution in [-0.4, -0.2) is 30.9 Å². The van der Waals surface area contributed by atoms with E-state index in [0.29, 0.717) is 0 Å². The Morgan fingerprint density at radius 2 is 2.23 bits per heavy atom. The van der Waals surface area contributed by atoms with Crippen LogP contribution in [0.3, 0.4) is 0 Å². The Hall–Kier alpha value is -0.900. The van der Waals surface area contributed by atoms with E-state index in [4.69, 9.17) is 0 Å². The number of Topliss-reactive ketones (excluding diaryl/α,β-unsaturated/α-hetero) is 1. The zero-order valence-corrected chi connectivity index (χ0v) is 7.84. The Bertz CT molecular complexity index is 197. The second-order valence-corrected chi connectivity index (χ2v) is 3.09. The molecule has 1 rings (SSSR count). The van der Waals surface area contributed by atoms with Gasteiger partial charge in [-0.3, -0.25) is 4.79 Å². The van der Waals surface area contributed by atoms with Crippen molar-refractivity contribution in [2.45, 2.75) is 32.2 Å². The highest BCUT2D eigenvalue weighted by Crippen LogP contribution is 2.08. The molecule has 74 valence electrons. The first-order chi connectivity index (χ1) is 6.25. The van der Waals surface area contributed by atoms with Crippen LogP contribution < -0.4 is 5.32 Å². The Balaban J connectivity index is 2.40. The third-order valence-electron chi connectivity index (χ3n) is 2.10. The number of piperidine rings is 1. The van der Waals surface area contributed by atoms with Crippen LogP contribution in [0.4, 0.5) is 0 Å². The number of carbonyl (C=O) groups is 2. The highest BCUT2D eigenvalue weighted by Gasteiger charge is 2.27. The summed E-state index contributed by atoms with van der Waals surface area (Å²) in [7, 11) is 0. The molecule has 1 N–H and O–H groups in total. The third kappa shape index (κ3) is 2.81. The molecule has 0 spiro atoms. The molecule has 0 aromatic heterocycles. The topological polar surface area (TPSA) is 55.4 Å². The van der Waals surface area contributed by atoms with Gasteiger partial charge in [0.15, 0.2) is 0 Å². The van der Waals surface area contributed by atoms with Crippen LogP contribution in [0.5, 0.6) is 0 Å². The van der Waals surface area contributed by atoms with Crippen molar-refractivity contribution in [2.24, 2.45) is 0 Å². The molecule has 13 heavy (non-hydrogen) atoms. The highest BCUT2D eigenvalue weighted by atomic mass is 16.5. The van der Waals surface area contributed by atoms with Crippen LogP contribution in [-0.2, 0) is 14.3 Å². The summed E-state index contributed by atoms with van der Waals surface area (Å²) >= 11 is 0. The standard InChI is InChI=1S/C9H15NO3/c1-2-13-9(12)8(11)7-5-3-4-6-10-7/h7,10H,2-6H2,1H3/t7-/m1/s1.